The number of esters is 1. The van der Waals surface area contributed by atoms with Gasteiger partial charge in [0, 0.05) is 23.3 Å². The summed E-state index contributed by atoms with van der Waals surface area (Å²) in [5, 5.41) is 4.22. The quantitative estimate of drug-likeness (QED) is 0.473. The fraction of sp³-hybridized carbons (Fsp3) is 0.407. The van der Waals surface area contributed by atoms with Gasteiger partial charge in [-0.05, 0) is 74.9 Å². The molecule has 0 atom stereocenters. The lowest BCUT2D eigenvalue weighted by atomic mass is 9.91. The number of carbonyl (C=O) groups is 1. The summed E-state index contributed by atoms with van der Waals surface area (Å²) in [7, 11) is 0. The van der Waals surface area contributed by atoms with Gasteiger partial charge in [0.25, 0.3) is 0 Å². The number of benzene rings is 2. The largest absolute Gasteiger partial charge is 0.459 e. The maximum Gasteiger partial charge on any atom is 0.325 e. The minimum absolute atomic E-state index is 0.102. The van der Waals surface area contributed by atoms with Crippen LogP contribution in [0.2, 0.25) is 0 Å². The molecule has 0 aliphatic heterocycles. The van der Waals surface area contributed by atoms with Crippen LogP contribution in [0.25, 0.3) is 22.0 Å². The lowest BCUT2D eigenvalue weighted by molar-refractivity contribution is -0.152. The number of rotatable bonds is 7. The Morgan fingerprint density at radius 3 is 2.41 bits per heavy atom. The van der Waals surface area contributed by atoms with E-state index in [1.165, 1.54) is 5.56 Å². The minimum atomic E-state index is -0.506. The van der Waals surface area contributed by atoms with Crippen molar-refractivity contribution in [3.05, 3.63) is 59.3 Å². The fourth-order valence-corrected chi connectivity index (χ4v) is 3.84. The average molecular weight is 434 g/mol. The van der Waals surface area contributed by atoms with Crippen molar-refractivity contribution in [2.75, 3.05) is 11.9 Å². The molecule has 0 bridgehead atoms. The smallest absolute Gasteiger partial charge is 0.325 e. The Balaban J connectivity index is 2.08. The maximum atomic E-state index is 12.2. The van der Waals surface area contributed by atoms with Gasteiger partial charge in [-0.3, -0.25) is 9.78 Å². The Morgan fingerprint density at radius 1 is 1.12 bits per heavy atom. The molecule has 5 nitrogen and oxygen atoms in total. The molecular formula is C27H35N3O2. The third kappa shape index (κ3) is 5.86. The second-order valence-corrected chi connectivity index (χ2v) is 9.75. The molecule has 0 unspecified atom stereocenters. The van der Waals surface area contributed by atoms with Crippen molar-refractivity contribution >= 4 is 22.6 Å². The molecule has 170 valence electrons. The SMILES string of the molecule is Cc1ccc(-c2c(CN)c(CC(C)C)nc3ccc(NCC(=O)OC(C)(C)C)cc23)cc1. The van der Waals surface area contributed by atoms with Gasteiger partial charge in [-0.25, -0.2) is 0 Å². The lowest BCUT2D eigenvalue weighted by Crippen LogP contribution is -2.28. The van der Waals surface area contributed by atoms with Gasteiger partial charge in [0.1, 0.15) is 12.1 Å². The van der Waals surface area contributed by atoms with E-state index in [0.29, 0.717) is 12.5 Å². The summed E-state index contributed by atoms with van der Waals surface area (Å²) in [6.07, 6.45) is 0.875. The highest BCUT2D eigenvalue weighted by Crippen LogP contribution is 2.35. The van der Waals surface area contributed by atoms with Crippen LogP contribution in [0, 0.1) is 12.8 Å². The van der Waals surface area contributed by atoms with Crippen molar-refractivity contribution in [2.24, 2.45) is 11.7 Å². The van der Waals surface area contributed by atoms with Crippen LogP contribution in [0.1, 0.15) is 51.4 Å². The number of carbonyl (C=O) groups excluding carboxylic acids is 1. The Labute approximate surface area is 191 Å². The molecular weight excluding hydrogens is 398 g/mol. The van der Waals surface area contributed by atoms with E-state index in [9.17, 15) is 4.79 Å². The van der Waals surface area contributed by atoms with Gasteiger partial charge in [-0.2, -0.15) is 0 Å². The normalized spacial score (nSPS) is 11.8. The number of ether oxygens (including phenoxy) is 1. The lowest BCUT2D eigenvalue weighted by Gasteiger charge is -2.20. The van der Waals surface area contributed by atoms with E-state index in [1.807, 2.05) is 32.9 Å². The van der Waals surface area contributed by atoms with E-state index < -0.39 is 5.60 Å². The molecule has 0 saturated heterocycles. The third-order valence-corrected chi connectivity index (χ3v) is 5.17. The van der Waals surface area contributed by atoms with Crippen LogP contribution in [0.4, 0.5) is 5.69 Å². The van der Waals surface area contributed by atoms with E-state index in [4.69, 9.17) is 15.5 Å². The molecule has 3 N–H and O–H groups in total. The summed E-state index contributed by atoms with van der Waals surface area (Å²) in [6.45, 7) is 12.6. The van der Waals surface area contributed by atoms with Crippen molar-refractivity contribution in [3.8, 4) is 11.1 Å². The molecule has 0 amide bonds. The van der Waals surface area contributed by atoms with Gasteiger partial charge in [0.15, 0.2) is 0 Å². The summed E-state index contributed by atoms with van der Waals surface area (Å²) < 4.78 is 5.41. The van der Waals surface area contributed by atoms with Gasteiger partial charge < -0.3 is 15.8 Å². The van der Waals surface area contributed by atoms with Crippen LogP contribution in [0.5, 0.6) is 0 Å². The molecule has 5 heteroatoms. The molecule has 3 aromatic rings. The Morgan fingerprint density at radius 2 is 1.81 bits per heavy atom. The minimum Gasteiger partial charge on any atom is -0.459 e. The number of nitrogens with zero attached hydrogens (tertiary/aromatic N) is 1. The van der Waals surface area contributed by atoms with Crippen LogP contribution < -0.4 is 11.1 Å². The Kier molecular flexibility index (Phi) is 7.19. The highest BCUT2D eigenvalue weighted by atomic mass is 16.6. The highest BCUT2D eigenvalue weighted by molar-refractivity contribution is 5.98. The van der Waals surface area contributed by atoms with Crippen molar-refractivity contribution < 1.29 is 9.53 Å². The third-order valence-electron chi connectivity index (χ3n) is 5.17. The number of nitrogens with one attached hydrogen (secondary N) is 1. The fourth-order valence-electron chi connectivity index (χ4n) is 3.84. The van der Waals surface area contributed by atoms with Crippen LogP contribution in [-0.2, 0) is 22.5 Å². The molecule has 0 saturated carbocycles. The summed E-state index contributed by atoms with van der Waals surface area (Å²) in [6, 6.07) is 14.5. The molecule has 0 aliphatic rings. The van der Waals surface area contributed by atoms with Crippen molar-refractivity contribution in [1.29, 1.82) is 0 Å². The molecule has 2 aromatic carbocycles. The van der Waals surface area contributed by atoms with E-state index in [2.05, 4.69) is 56.4 Å². The van der Waals surface area contributed by atoms with Crippen molar-refractivity contribution in [3.63, 3.8) is 0 Å². The average Bonchev–Trinajstić information content (AvgIpc) is 2.70. The number of hydrogen-bond acceptors (Lipinski definition) is 5. The number of hydrogen-bond donors (Lipinski definition) is 2. The molecule has 0 spiro atoms. The second kappa shape index (κ2) is 9.70. The maximum absolute atomic E-state index is 12.2. The first-order valence-electron chi connectivity index (χ1n) is 11.3. The van der Waals surface area contributed by atoms with E-state index >= 15 is 0 Å². The molecule has 0 aliphatic carbocycles. The first-order valence-corrected chi connectivity index (χ1v) is 11.3. The first-order chi connectivity index (χ1) is 15.1. The monoisotopic (exact) mass is 433 g/mol. The van der Waals surface area contributed by atoms with E-state index in [1.54, 1.807) is 0 Å². The Bertz CT molecular complexity index is 1100. The summed E-state index contributed by atoms with van der Waals surface area (Å²) >= 11 is 0. The van der Waals surface area contributed by atoms with Crippen LogP contribution in [0.3, 0.4) is 0 Å². The molecule has 3 rings (SSSR count). The number of nitrogens with two attached hydrogens (primary N) is 1. The summed E-state index contributed by atoms with van der Waals surface area (Å²) in [5.74, 6) is 0.190. The zero-order chi connectivity index (χ0) is 23.5. The number of aromatic nitrogens is 1. The van der Waals surface area contributed by atoms with E-state index in [-0.39, 0.29) is 12.5 Å². The number of fused-ring (bicyclic) bond motifs is 1. The van der Waals surface area contributed by atoms with Gasteiger partial charge in [-0.15, -0.1) is 0 Å². The predicted octanol–water partition coefficient (Wildman–Crippen LogP) is 5.62. The molecule has 1 aromatic heterocycles. The summed E-state index contributed by atoms with van der Waals surface area (Å²) in [5.41, 5.74) is 13.1. The number of pyridine rings is 1. The second-order valence-electron chi connectivity index (χ2n) is 9.75. The first kappa shape index (κ1) is 23.7. The zero-order valence-electron chi connectivity index (χ0n) is 20.1. The zero-order valence-corrected chi connectivity index (χ0v) is 20.1. The molecule has 32 heavy (non-hydrogen) atoms. The van der Waals surface area contributed by atoms with Crippen molar-refractivity contribution in [1.82, 2.24) is 4.98 Å². The Hall–Kier alpha value is -2.92. The van der Waals surface area contributed by atoms with Gasteiger partial charge in [0.05, 0.1) is 5.52 Å². The van der Waals surface area contributed by atoms with Gasteiger partial charge in [-0.1, -0.05) is 43.7 Å². The molecule has 0 fully saturated rings. The van der Waals surface area contributed by atoms with Gasteiger partial charge >= 0.3 is 5.97 Å². The molecule has 1 heterocycles. The number of anilines is 1. The van der Waals surface area contributed by atoms with Gasteiger partial charge in [0.2, 0.25) is 0 Å². The van der Waals surface area contributed by atoms with Crippen LogP contribution >= 0.6 is 0 Å². The van der Waals surface area contributed by atoms with E-state index in [0.717, 1.165) is 45.4 Å². The van der Waals surface area contributed by atoms with Crippen LogP contribution in [-0.4, -0.2) is 23.1 Å². The highest BCUT2D eigenvalue weighted by Gasteiger charge is 2.18. The summed E-state index contributed by atoms with van der Waals surface area (Å²) in [4.78, 5) is 17.1. The molecule has 0 radical (unpaired) electrons. The number of aryl methyl sites for hydroxylation is 1. The predicted molar refractivity (Wildman–Crippen MR) is 133 cm³/mol. The standard InChI is InChI=1S/C27H35N3O2/c1-17(2)13-24-22(15-28)26(19-9-7-18(3)8-10-19)21-14-20(11-12-23(21)30-24)29-16-25(31)32-27(4,5)6/h7-12,14,17,29H,13,15-16,28H2,1-6H3. The topological polar surface area (TPSA) is 77.2 Å². The van der Waals surface area contributed by atoms with Crippen LogP contribution in [0.15, 0.2) is 42.5 Å². The van der Waals surface area contributed by atoms with Crippen molar-refractivity contribution in [2.45, 2.75) is 60.1 Å².